The summed E-state index contributed by atoms with van der Waals surface area (Å²) in [5.41, 5.74) is 4.87. The van der Waals surface area contributed by atoms with Crippen molar-refractivity contribution in [1.29, 1.82) is 0 Å². The molecule has 0 atom stereocenters. The summed E-state index contributed by atoms with van der Waals surface area (Å²) in [7, 11) is 1.25. The molecule has 0 saturated heterocycles. The van der Waals surface area contributed by atoms with Crippen LogP contribution in [-0.2, 0) is 18.3 Å². The number of Topliss-reactive ketones (excluding diaryl/α,β-unsaturated/α-hetero) is 1. The second-order valence-electron chi connectivity index (χ2n) is 6.69. The lowest BCUT2D eigenvalue weighted by atomic mass is 10.2. The number of rotatable bonds is 9. The van der Waals surface area contributed by atoms with E-state index in [0.717, 1.165) is 14.7 Å². The number of ketones is 1. The number of anilines is 2. The fourth-order valence-electron chi connectivity index (χ4n) is 2.85. The van der Waals surface area contributed by atoms with Gasteiger partial charge in [0, 0.05) is 19.0 Å². The standard InChI is InChI=1S/C21H21N5O5S/c1-3-9-23-20-24-14(12-32-20)19(29)31-11-15(27)16-17(22)26(21(30)25(2)18(16)28)10-13-7-5-4-6-8-13/h3-8,12H,1,9-11,22H2,2H3,(H,23,24). The number of nitrogens with zero attached hydrogens (tertiary/aromatic N) is 3. The Hall–Kier alpha value is -3.99. The molecule has 32 heavy (non-hydrogen) atoms. The lowest BCUT2D eigenvalue weighted by molar-refractivity contribution is 0.0469. The maximum atomic E-state index is 12.7. The van der Waals surface area contributed by atoms with E-state index in [4.69, 9.17) is 10.5 Å². The molecule has 11 heteroatoms. The Labute approximate surface area is 186 Å². The highest BCUT2D eigenvalue weighted by atomic mass is 32.1. The highest BCUT2D eigenvalue weighted by Crippen LogP contribution is 2.16. The maximum absolute atomic E-state index is 12.7. The number of carbonyl (C=O) groups excluding carboxylic acids is 2. The number of nitrogen functional groups attached to an aromatic ring is 1. The molecule has 0 amide bonds. The Balaban J connectivity index is 1.81. The van der Waals surface area contributed by atoms with Gasteiger partial charge in [-0.3, -0.25) is 18.7 Å². The molecule has 166 valence electrons. The van der Waals surface area contributed by atoms with E-state index in [1.165, 1.54) is 23.8 Å². The number of benzene rings is 1. The molecule has 0 aliphatic carbocycles. The van der Waals surface area contributed by atoms with Crippen molar-refractivity contribution >= 4 is 34.0 Å². The fraction of sp³-hybridized carbons (Fsp3) is 0.190. The van der Waals surface area contributed by atoms with Crippen LogP contribution in [0.3, 0.4) is 0 Å². The molecule has 0 aliphatic rings. The second-order valence-corrected chi connectivity index (χ2v) is 7.54. The first kappa shape index (κ1) is 22.7. The average molecular weight is 455 g/mol. The number of ether oxygens (including phenoxy) is 1. The molecule has 0 fully saturated rings. The molecule has 0 unspecified atom stereocenters. The van der Waals surface area contributed by atoms with E-state index in [1.54, 1.807) is 30.3 Å². The number of nitrogens with one attached hydrogen (secondary N) is 1. The Morgan fingerprint density at radius 1 is 1.28 bits per heavy atom. The number of nitrogens with two attached hydrogens (primary N) is 1. The van der Waals surface area contributed by atoms with Crippen LogP contribution in [0, 0.1) is 0 Å². The quantitative estimate of drug-likeness (QED) is 0.279. The third kappa shape index (κ3) is 4.83. The smallest absolute Gasteiger partial charge is 0.358 e. The first-order chi connectivity index (χ1) is 15.3. The molecule has 0 bridgehead atoms. The van der Waals surface area contributed by atoms with Gasteiger partial charge in [0.05, 0.1) is 6.54 Å². The van der Waals surface area contributed by atoms with Gasteiger partial charge in [-0.15, -0.1) is 17.9 Å². The monoisotopic (exact) mass is 455 g/mol. The molecular weight excluding hydrogens is 434 g/mol. The predicted octanol–water partition coefficient (Wildman–Crippen LogP) is 1.27. The molecule has 0 spiro atoms. The van der Waals surface area contributed by atoms with E-state index in [0.29, 0.717) is 11.7 Å². The molecule has 0 aliphatic heterocycles. The first-order valence-corrected chi connectivity index (χ1v) is 10.3. The molecule has 3 rings (SSSR count). The zero-order valence-electron chi connectivity index (χ0n) is 17.2. The van der Waals surface area contributed by atoms with Gasteiger partial charge >= 0.3 is 11.7 Å². The summed E-state index contributed by atoms with van der Waals surface area (Å²) in [6.45, 7) is 3.39. The molecule has 2 heterocycles. The number of hydrogen-bond donors (Lipinski definition) is 2. The Kier molecular flexibility index (Phi) is 7.00. The van der Waals surface area contributed by atoms with E-state index in [9.17, 15) is 19.2 Å². The van der Waals surface area contributed by atoms with Gasteiger partial charge < -0.3 is 15.8 Å². The SMILES string of the molecule is C=CCNc1nc(C(=O)OCC(=O)c2c(N)n(Cc3ccccc3)c(=O)n(C)c2=O)cs1. The predicted molar refractivity (Wildman–Crippen MR) is 121 cm³/mol. The van der Waals surface area contributed by atoms with Crippen molar-refractivity contribution in [3.63, 3.8) is 0 Å². The number of carbonyl (C=O) groups is 2. The summed E-state index contributed by atoms with van der Waals surface area (Å²) in [5, 5.41) is 4.91. The zero-order valence-corrected chi connectivity index (χ0v) is 18.1. The molecule has 1 aromatic carbocycles. The summed E-state index contributed by atoms with van der Waals surface area (Å²) in [6, 6.07) is 8.97. The van der Waals surface area contributed by atoms with Crippen molar-refractivity contribution in [2.24, 2.45) is 7.05 Å². The third-order valence-electron chi connectivity index (χ3n) is 4.49. The summed E-state index contributed by atoms with van der Waals surface area (Å²) in [6.07, 6.45) is 1.64. The largest absolute Gasteiger partial charge is 0.453 e. The van der Waals surface area contributed by atoms with Gasteiger partial charge in [-0.05, 0) is 5.56 Å². The molecule has 0 radical (unpaired) electrons. The van der Waals surface area contributed by atoms with E-state index < -0.39 is 35.2 Å². The second kappa shape index (κ2) is 9.88. The van der Waals surface area contributed by atoms with Crippen molar-refractivity contribution in [1.82, 2.24) is 14.1 Å². The van der Waals surface area contributed by atoms with Crippen LogP contribution in [0.2, 0.25) is 0 Å². The minimum Gasteiger partial charge on any atom is -0.453 e. The Bertz CT molecular complexity index is 1280. The van der Waals surface area contributed by atoms with E-state index in [1.807, 2.05) is 6.07 Å². The van der Waals surface area contributed by atoms with Crippen molar-refractivity contribution in [3.05, 3.63) is 86.0 Å². The summed E-state index contributed by atoms with van der Waals surface area (Å²) in [4.78, 5) is 54.1. The van der Waals surface area contributed by atoms with Crippen molar-refractivity contribution in [3.8, 4) is 0 Å². The highest BCUT2D eigenvalue weighted by Gasteiger charge is 2.23. The molecule has 3 N–H and O–H groups in total. The Morgan fingerprint density at radius 2 is 2.00 bits per heavy atom. The normalized spacial score (nSPS) is 10.5. The van der Waals surface area contributed by atoms with Crippen LogP contribution in [0.15, 0.2) is 58.0 Å². The average Bonchev–Trinajstić information content (AvgIpc) is 3.27. The van der Waals surface area contributed by atoms with E-state index in [-0.39, 0.29) is 18.1 Å². The molecule has 10 nitrogen and oxygen atoms in total. The molecule has 2 aromatic heterocycles. The first-order valence-electron chi connectivity index (χ1n) is 9.47. The fourth-order valence-corrected chi connectivity index (χ4v) is 3.54. The maximum Gasteiger partial charge on any atom is 0.358 e. The van der Waals surface area contributed by atoms with Gasteiger partial charge in [-0.25, -0.2) is 14.6 Å². The van der Waals surface area contributed by atoms with Crippen LogP contribution in [-0.4, -0.2) is 39.0 Å². The summed E-state index contributed by atoms with van der Waals surface area (Å²) < 4.78 is 6.94. The summed E-state index contributed by atoms with van der Waals surface area (Å²) >= 11 is 1.19. The number of aromatic nitrogens is 3. The van der Waals surface area contributed by atoms with Crippen LogP contribution in [0.1, 0.15) is 26.4 Å². The van der Waals surface area contributed by atoms with Crippen molar-refractivity contribution in [2.45, 2.75) is 6.54 Å². The topological polar surface area (TPSA) is 138 Å². The van der Waals surface area contributed by atoms with Gasteiger partial charge in [0.15, 0.2) is 17.4 Å². The molecular formula is C21H21N5O5S. The van der Waals surface area contributed by atoms with Gasteiger partial charge in [0.2, 0.25) is 5.78 Å². The third-order valence-corrected chi connectivity index (χ3v) is 5.29. The number of esters is 1. The molecule has 3 aromatic rings. The van der Waals surface area contributed by atoms with Crippen LogP contribution < -0.4 is 22.3 Å². The van der Waals surface area contributed by atoms with Crippen molar-refractivity contribution < 1.29 is 14.3 Å². The summed E-state index contributed by atoms with van der Waals surface area (Å²) in [5.74, 6) is -1.93. The van der Waals surface area contributed by atoms with Crippen LogP contribution in [0.5, 0.6) is 0 Å². The van der Waals surface area contributed by atoms with E-state index >= 15 is 0 Å². The highest BCUT2D eigenvalue weighted by molar-refractivity contribution is 7.13. The number of thiazole rings is 1. The minimum atomic E-state index is -0.859. The van der Waals surface area contributed by atoms with Crippen LogP contribution in [0.25, 0.3) is 0 Å². The number of hydrogen-bond acceptors (Lipinski definition) is 9. The minimum absolute atomic E-state index is 0.0179. The van der Waals surface area contributed by atoms with Gasteiger partial charge in [-0.1, -0.05) is 36.4 Å². The van der Waals surface area contributed by atoms with E-state index in [2.05, 4.69) is 16.9 Å². The molecule has 0 saturated carbocycles. The lowest BCUT2D eigenvalue weighted by Gasteiger charge is -2.14. The Morgan fingerprint density at radius 3 is 2.69 bits per heavy atom. The van der Waals surface area contributed by atoms with Crippen LogP contribution >= 0.6 is 11.3 Å². The van der Waals surface area contributed by atoms with Gasteiger partial charge in [0.25, 0.3) is 5.56 Å². The van der Waals surface area contributed by atoms with Crippen molar-refractivity contribution in [2.75, 3.05) is 24.2 Å². The van der Waals surface area contributed by atoms with Gasteiger partial charge in [0.1, 0.15) is 11.4 Å². The lowest BCUT2D eigenvalue weighted by Crippen LogP contribution is -2.43. The zero-order chi connectivity index (χ0) is 23.3. The van der Waals surface area contributed by atoms with Gasteiger partial charge in [-0.2, -0.15) is 0 Å². The van der Waals surface area contributed by atoms with Crippen LogP contribution in [0.4, 0.5) is 10.9 Å².